The molecule has 1 amide bonds. The second-order valence-electron chi connectivity index (χ2n) is 7.16. The Labute approximate surface area is 125 Å². The Kier molecular flexibility index (Phi) is 4.20. The predicted octanol–water partition coefficient (Wildman–Crippen LogP) is 1.51. The first-order valence-corrected chi connectivity index (χ1v) is 8.36. The second kappa shape index (κ2) is 5.95. The Morgan fingerprint density at radius 3 is 2.29 bits per heavy atom. The zero-order valence-electron chi connectivity index (χ0n) is 12.5. The number of carboxylic acid groups (broad SMARTS) is 1. The third-order valence-corrected chi connectivity index (χ3v) is 5.97. The van der Waals surface area contributed by atoms with Gasteiger partial charge in [0, 0.05) is 6.04 Å². The lowest BCUT2D eigenvalue weighted by molar-refractivity contribution is -0.145. The summed E-state index contributed by atoms with van der Waals surface area (Å²) < 4.78 is 0. The van der Waals surface area contributed by atoms with E-state index in [2.05, 4.69) is 5.32 Å². The van der Waals surface area contributed by atoms with E-state index in [0.717, 1.165) is 44.9 Å². The van der Waals surface area contributed by atoms with Crippen molar-refractivity contribution in [2.75, 3.05) is 0 Å². The lowest BCUT2D eigenvalue weighted by Crippen LogP contribution is -2.52. The number of nitrogens with one attached hydrogen (secondary N) is 1. The second-order valence-corrected chi connectivity index (χ2v) is 7.16. The molecular weight excluding hydrogens is 268 g/mol. The van der Waals surface area contributed by atoms with Crippen molar-refractivity contribution in [1.29, 1.82) is 0 Å². The topological polar surface area (TPSA) is 92.4 Å². The number of rotatable bonds is 4. The first kappa shape index (κ1) is 14.8. The molecule has 21 heavy (non-hydrogen) atoms. The van der Waals surface area contributed by atoms with Gasteiger partial charge in [0.15, 0.2) is 0 Å². The average molecular weight is 294 g/mol. The van der Waals surface area contributed by atoms with Crippen LogP contribution in [0.15, 0.2) is 0 Å². The molecule has 3 aliphatic rings. The van der Waals surface area contributed by atoms with Crippen molar-refractivity contribution < 1.29 is 14.7 Å². The van der Waals surface area contributed by atoms with E-state index in [1.807, 2.05) is 0 Å². The fourth-order valence-electron chi connectivity index (χ4n) is 4.82. The standard InChI is InChI=1S/C16H26N2O3/c17-13-11-7-6-10(8-11)12(13)15(19)18-14(16(20)21)9-4-2-1-3-5-9/h9-14H,1-8,17H2,(H,18,19)(H,20,21). The van der Waals surface area contributed by atoms with Gasteiger partial charge in [-0.15, -0.1) is 0 Å². The van der Waals surface area contributed by atoms with Gasteiger partial charge in [-0.05, 0) is 49.9 Å². The van der Waals surface area contributed by atoms with E-state index in [1.165, 1.54) is 6.42 Å². The van der Waals surface area contributed by atoms with Crippen molar-refractivity contribution in [2.24, 2.45) is 29.4 Å². The monoisotopic (exact) mass is 294 g/mol. The SMILES string of the molecule is NC1C2CCC(C2)C1C(=O)NC(C(=O)O)C1CCCCC1. The van der Waals surface area contributed by atoms with E-state index in [-0.39, 0.29) is 23.8 Å². The van der Waals surface area contributed by atoms with Crippen LogP contribution < -0.4 is 11.1 Å². The Morgan fingerprint density at radius 1 is 1.05 bits per heavy atom. The van der Waals surface area contributed by atoms with Crippen LogP contribution in [-0.4, -0.2) is 29.1 Å². The molecule has 0 spiro atoms. The normalized spacial score (nSPS) is 37.4. The molecule has 0 aromatic rings. The van der Waals surface area contributed by atoms with Crippen LogP contribution in [0.25, 0.3) is 0 Å². The van der Waals surface area contributed by atoms with Crippen LogP contribution in [0.5, 0.6) is 0 Å². The molecule has 2 bridgehead atoms. The molecule has 0 aromatic heterocycles. The van der Waals surface area contributed by atoms with Gasteiger partial charge < -0.3 is 16.2 Å². The maximum absolute atomic E-state index is 12.5. The number of fused-ring (bicyclic) bond motifs is 2. The molecular formula is C16H26N2O3. The number of aliphatic carboxylic acids is 1. The Hall–Kier alpha value is -1.10. The fourth-order valence-corrected chi connectivity index (χ4v) is 4.82. The number of nitrogens with two attached hydrogens (primary N) is 1. The minimum atomic E-state index is -0.896. The first-order chi connectivity index (χ1) is 10.1. The molecule has 4 N–H and O–H groups in total. The van der Waals surface area contributed by atoms with E-state index in [0.29, 0.717) is 11.8 Å². The summed E-state index contributed by atoms with van der Waals surface area (Å²) >= 11 is 0. The molecule has 5 unspecified atom stereocenters. The molecule has 0 heterocycles. The van der Waals surface area contributed by atoms with Gasteiger partial charge in [-0.2, -0.15) is 0 Å². The van der Waals surface area contributed by atoms with Gasteiger partial charge >= 0.3 is 5.97 Å². The van der Waals surface area contributed by atoms with Crippen LogP contribution in [0.4, 0.5) is 0 Å². The quantitative estimate of drug-likeness (QED) is 0.733. The number of hydrogen-bond donors (Lipinski definition) is 3. The third kappa shape index (κ3) is 2.80. The summed E-state index contributed by atoms with van der Waals surface area (Å²) in [5.41, 5.74) is 6.19. The molecule has 5 atom stereocenters. The van der Waals surface area contributed by atoms with E-state index in [4.69, 9.17) is 5.73 Å². The molecule has 3 fully saturated rings. The molecule has 5 heteroatoms. The molecule has 5 nitrogen and oxygen atoms in total. The summed E-state index contributed by atoms with van der Waals surface area (Å²) in [5.74, 6) is -0.279. The van der Waals surface area contributed by atoms with Gasteiger partial charge in [-0.3, -0.25) is 4.79 Å². The van der Waals surface area contributed by atoms with Gasteiger partial charge in [0.25, 0.3) is 0 Å². The van der Waals surface area contributed by atoms with Crippen LogP contribution in [-0.2, 0) is 9.59 Å². The van der Waals surface area contributed by atoms with Crippen LogP contribution in [0.2, 0.25) is 0 Å². The van der Waals surface area contributed by atoms with Crippen molar-refractivity contribution in [1.82, 2.24) is 5.32 Å². The average Bonchev–Trinajstić information content (AvgIpc) is 3.06. The minimum Gasteiger partial charge on any atom is -0.480 e. The zero-order valence-corrected chi connectivity index (χ0v) is 12.5. The van der Waals surface area contributed by atoms with E-state index in [9.17, 15) is 14.7 Å². The van der Waals surface area contributed by atoms with Gasteiger partial charge in [-0.1, -0.05) is 19.3 Å². The summed E-state index contributed by atoms with van der Waals surface area (Å²) in [5, 5.41) is 12.3. The highest BCUT2D eigenvalue weighted by Crippen LogP contribution is 2.47. The van der Waals surface area contributed by atoms with Crippen molar-refractivity contribution in [3.8, 4) is 0 Å². The Bertz CT molecular complexity index is 418. The highest BCUT2D eigenvalue weighted by Gasteiger charge is 2.49. The molecule has 118 valence electrons. The van der Waals surface area contributed by atoms with Crippen LogP contribution >= 0.6 is 0 Å². The molecule has 0 radical (unpaired) electrons. The summed E-state index contributed by atoms with van der Waals surface area (Å²) in [7, 11) is 0. The summed E-state index contributed by atoms with van der Waals surface area (Å²) in [6.45, 7) is 0. The van der Waals surface area contributed by atoms with E-state index >= 15 is 0 Å². The molecule has 0 aliphatic heterocycles. The van der Waals surface area contributed by atoms with E-state index < -0.39 is 12.0 Å². The Morgan fingerprint density at radius 2 is 1.71 bits per heavy atom. The largest absolute Gasteiger partial charge is 0.480 e. The maximum Gasteiger partial charge on any atom is 0.326 e. The number of carbonyl (C=O) groups excluding carboxylic acids is 1. The van der Waals surface area contributed by atoms with Gasteiger partial charge in [0.2, 0.25) is 5.91 Å². The third-order valence-electron chi connectivity index (χ3n) is 5.97. The van der Waals surface area contributed by atoms with Crippen molar-refractivity contribution in [2.45, 2.75) is 63.5 Å². The molecule has 0 aromatic carbocycles. The highest BCUT2D eigenvalue weighted by atomic mass is 16.4. The molecule has 3 aliphatic carbocycles. The van der Waals surface area contributed by atoms with Crippen LogP contribution in [0.3, 0.4) is 0 Å². The maximum atomic E-state index is 12.5. The summed E-state index contributed by atoms with van der Waals surface area (Å²) in [6, 6.07) is -0.811. The minimum absolute atomic E-state index is 0.0787. The number of carbonyl (C=O) groups is 2. The molecule has 3 rings (SSSR count). The number of amides is 1. The summed E-state index contributed by atoms with van der Waals surface area (Å²) in [4.78, 5) is 24.1. The van der Waals surface area contributed by atoms with Crippen LogP contribution in [0.1, 0.15) is 51.4 Å². The highest BCUT2D eigenvalue weighted by molar-refractivity contribution is 5.86. The molecule has 0 saturated heterocycles. The van der Waals surface area contributed by atoms with Crippen LogP contribution in [0, 0.1) is 23.7 Å². The predicted molar refractivity (Wildman–Crippen MR) is 78.4 cm³/mol. The van der Waals surface area contributed by atoms with E-state index in [1.54, 1.807) is 0 Å². The zero-order chi connectivity index (χ0) is 15.0. The Balaban J connectivity index is 1.65. The number of carboxylic acids is 1. The smallest absolute Gasteiger partial charge is 0.326 e. The summed E-state index contributed by atoms with van der Waals surface area (Å²) in [6.07, 6.45) is 8.35. The fraction of sp³-hybridized carbons (Fsp3) is 0.875. The number of hydrogen-bond acceptors (Lipinski definition) is 3. The lowest BCUT2D eigenvalue weighted by Gasteiger charge is -2.32. The van der Waals surface area contributed by atoms with Gasteiger partial charge in [0.1, 0.15) is 6.04 Å². The van der Waals surface area contributed by atoms with Gasteiger partial charge in [0.05, 0.1) is 5.92 Å². The molecule has 3 saturated carbocycles. The van der Waals surface area contributed by atoms with Gasteiger partial charge in [-0.25, -0.2) is 4.79 Å². The van der Waals surface area contributed by atoms with Crippen molar-refractivity contribution in [3.05, 3.63) is 0 Å². The van der Waals surface area contributed by atoms with Crippen molar-refractivity contribution >= 4 is 11.9 Å². The lowest BCUT2D eigenvalue weighted by atomic mass is 9.82. The van der Waals surface area contributed by atoms with Crippen molar-refractivity contribution in [3.63, 3.8) is 0 Å². The first-order valence-electron chi connectivity index (χ1n) is 8.36.